The quantitative estimate of drug-likeness (QED) is 0.778. The minimum Gasteiger partial charge on any atom is -0.485 e. The smallest absolute Gasteiger partial charge is 0.224 e. The Balaban J connectivity index is 1.58. The molecule has 2 aromatic rings. The summed E-state index contributed by atoms with van der Waals surface area (Å²) in [6.45, 7) is 3.84. The van der Waals surface area contributed by atoms with Crippen LogP contribution in [0.3, 0.4) is 0 Å². The number of amides is 1. The van der Waals surface area contributed by atoms with Gasteiger partial charge in [0.15, 0.2) is 5.75 Å². The van der Waals surface area contributed by atoms with Crippen molar-refractivity contribution in [2.24, 2.45) is 0 Å². The number of H-pyrrole nitrogens is 2. The molecule has 7 heteroatoms. The molecule has 1 aliphatic carbocycles. The first-order chi connectivity index (χ1) is 10.6. The molecule has 0 spiro atoms. The Labute approximate surface area is 128 Å². The van der Waals surface area contributed by atoms with Gasteiger partial charge in [-0.2, -0.15) is 10.2 Å². The molecule has 2 atom stereocenters. The summed E-state index contributed by atoms with van der Waals surface area (Å²) >= 11 is 0. The van der Waals surface area contributed by atoms with Crippen LogP contribution in [0.1, 0.15) is 36.2 Å². The fourth-order valence-electron chi connectivity index (χ4n) is 2.96. The van der Waals surface area contributed by atoms with Crippen LogP contribution >= 0.6 is 0 Å². The summed E-state index contributed by atoms with van der Waals surface area (Å²) in [5.41, 5.74) is 2.80. The van der Waals surface area contributed by atoms with Crippen LogP contribution in [0.4, 0.5) is 0 Å². The first kappa shape index (κ1) is 14.6. The Bertz CT molecular complexity index is 615. The number of aryl methyl sites for hydroxylation is 2. The second-order valence-electron chi connectivity index (χ2n) is 5.78. The first-order valence-electron chi connectivity index (χ1n) is 7.58. The van der Waals surface area contributed by atoms with Crippen LogP contribution in [-0.4, -0.2) is 38.4 Å². The number of aromatic amines is 2. The molecule has 0 radical (unpaired) electrons. The Kier molecular flexibility index (Phi) is 4.13. The molecular weight excluding hydrogens is 282 g/mol. The van der Waals surface area contributed by atoms with Gasteiger partial charge in [0.1, 0.15) is 6.10 Å². The molecule has 118 valence electrons. The molecule has 1 saturated carbocycles. The van der Waals surface area contributed by atoms with Crippen molar-refractivity contribution in [3.63, 3.8) is 0 Å². The van der Waals surface area contributed by atoms with E-state index in [9.17, 15) is 4.79 Å². The normalized spacial score (nSPS) is 21.0. The van der Waals surface area contributed by atoms with Gasteiger partial charge >= 0.3 is 0 Å². The number of nitrogens with zero attached hydrogens (tertiary/aromatic N) is 2. The zero-order valence-corrected chi connectivity index (χ0v) is 12.8. The Morgan fingerprint density at radius 3 is 3.00 bits per heavy atom. The van der Waals surface area contributed by atoms with E-state index in [0.29, 0.717) is 12.2 Å². The number of hydrogen-bond donors (Lipinski definition) is 3. The minimum atomic E-state index is 0.00749. The van der Waals surface area contributed by atoms with Gasteiger partial charge in [-0.1, -0.05) is 0 Å². The number of hydrogen-bond acceptors (Lipinski definition) is 4. The van der Waals surface area contributed by atoms with Crippen molar-refractivity contribution in [1.82, 2.24) is 25.7 Å². The highest BCUT2D eigenvalue weighted by Crippen LogP contribution is 2.24. The molecule has 2 aromatic heterocycles. The van der Waals surface area contributed by atoms with Crippen LogP contribution in [0.25, 0.3) is 0 Å². The van der Waals surface area contributed by atoms with E-state index >= 15 is 0 Å². The van der Waals surface area contributed by atoms with Gasteiger partial charge in [-0.25, -0.2) is 0 Å². The summed E-state index contributed by atoms with van der Waals surface area (Å²) in [5.74, 6) is 0.730. The number of ether oxygens (including phenoxy) is 1. The number of nitrogens with one attached hydrogen (secondary N) is 3. The van der Waals surface area contributed by atoms with Gasteiger partial charge in [0.25, 0.3) is 0 Å². The standard InChI is InChI=1S/C15H21N5O2/c1-9-12(10(2)20-19-9)6-15(21)18-13-4-3-5-14(13)22-11-7-16-17-8-11/h7-8,13-14H,3-6H2,1-2H3,(H,16,17)(H,18,21)(H,19,20)/t13-,14+/m0/s1. The van der Waals surface area contributed by atoms with E-state index in [-0.39, 0.29) is 18.1 Å². The third-order valence-corrected chi connectivity index (χ3v) is 4.18. The number of aromatic nitrogens is 4. The maximum atomic E-state index is 12.3. The average Bonchev–Trinajstić information content (AvgIpc) is 3.20. The van der Waals surface area contributed by atoms with Crippen molar-refractivity contribution >= 4 is 5.91 Å². The van der Waals surface area contributed by atoms with E-state index in [1.807, 2.05) is 13.8 Å². The molecule has 1 fully saturated rings. The molecule has 0 saturated heterocycles. The summed E-state index contributed by atoms with van der Waals surface area (Å²) < 4.78 is 5.88. The maximum absolute atomic E-state index is 12.3. The minimum absolute atomic E-state index is 0.00749. The largest absolute Gasteiger partial charge is 0.485 e. The van der Waals surface area contributed by atoms with Crippen LogP contribution in [0.5, 0.6) is 5.75 Å². The van der Waals surface area contributed by atoms with Crippen molar-refractivity contribution in [3.8, 4) is 5.75 Å². The summed E-state index contributed by atoms with van der Waals surface area (Å²) in [7, 11) is 0. The lowest BCUT2D eigenvalue weighted by atomic mass is 10.1. The number of carbonyl (C=O) groups excluding carboxylic acids is 1. The second kappa shape index (κ2) is 6.21. The van der Waals surface area contributed by atoms with Gasteiger partial charge in [-0.05, 0) is 33.1 Å². The Hall–Kier alpha value is -2.31. The van der Waals surface area contributed by atoms with E-state index in [2.05, 4.69) is 25.7 Å². The van der Waals surface area contributed by atoms with Crippen molar-refractivity contribution < 1.29 is 9.53 Å². The monoisotopic (exact) mass is 303 g/mol. The highest BCUT2D eigenvalue weighted by molar-refractivity contribution is 5.79. The molecule has 3 N–H and O–H groups in total. The van der Waals surface area contributed by atoms with E-state index in [1.165, 1.54) is 0 Å². The van der Waals surface area contributed by atoms with Gasteiger partial charge in [0.05, 0.1) is 30.6 Å². The van der Waals surface area contributed by atoms with Gasteiger partial charge < -0.3 is 10.1 Å². The number of carbonyl (C=O) groups is 1. The maximum Gasteiger partial charge on any atom is 0.224 e. The fraction of sp³-hybridized carbons (Fsp3) is 0.533. The second-order valence-corrected chi connectivity index (χ2v) is 5.78. The summed E-state index contributed by atoms with van der Waals surface area (Å²) in [6, 6.07) is 0.0508. The third kappa shape index (κ3) is 3.13. The molecule has 0 aromatic carbocycles. The van der Waals surface area contributed by atoms with Crippen LogP contribution in [-0.2, 0) is 11.2 Å². The number of rotatable bonds is 5. The van der Waals surface area contributed by atoms with Crippen LogP contribution in [0.15, 0.2) is 12.4 Å². The zero-order valence-electron chi connectivity index (χ0n) is 12.8. The molecule has 0 bridgehead atoms. The molecule has 1 amide bonds. The summed E-state index contributed by atoms with van der Waals surface area (Å²) in [4.78, 5) is 12.3. The lowest BCUT2D eigenvalue weighted by molar-refractivity contribution is -0.121. The highest BCUT2D eigenvalue weighted by Gasteiger charge is 2.30. The van der Waals surface area contributed by atoms with E-state index in [4.69, 9.17) is 4.74 Å². The van der Waals surface area contributed by atoms with E-state index < -0.39 is 0 Å². The summed E-state index contributed by atoms with van der Waals surface area (Å²) in [6.07, 6.45) is 6.66. The van der Waals surface area contributed by atoms with E-state index in [1.54, 1.807) is 12.4 Å². The molecule has 2 heterocycles. The van der Waals surface area contributed by atoms with Crippen LogP contribution in [0.2, 0.25) is 0 Å². The van der Waals surface area contributed by atoms with Crippen molar-refractivity contribution in [2.45, 2.75) is 51.7 Å². The van der Waals surface area contributed by atoms with Crippen molar-refractivity contribution in [3.05, 3.63) is 29.3 Å². The molecule has 7 nitrogen and oxygen atoms in total. The molecule has 0 unspecified atom stereocenters. The van der Waals surface area contributed by atoms with Gasteiger partial charge in [0.2, 0.25) is 5.91 Å². The Morgan fingerprint density at radius 1 is 1.45 bits per heavy atom. The van der Waals surface area contributed by atoms with Crippen molar-refractivity contribution in [1.29, 1.82) is 0 Å². The first-order valence-corrected chi connectivity index (χ1v) is 7.58. The van der Waals surface area contributed by atoms with Gasteiger partial charge in [0, 0.05) is 11.3 Å². The molecule has 22 heavy (non-hydrogen) atoms. The molecule has 0 aliphatic heterocycles. The lowest BCUT2D eigenvalue weighted by Gasteiger charge is -2.21. The van der Waals surface area contributed by atoms with Gasteiger partial charge in [-0.3, -0.25) is 15.0 Å². The molecule has 1 aliphatic rings. The molecular formula is C15H21N5O2. The highest BCUT2D eigenvalue weighted by atomic mass is 16.5. The predicted octanol–water partition coefficient (Wildman–Crippen LogP) is 1.41. The van der Waals surface area contributed by atoms with E-state index in [0.717, 1.165) is 36.2 Å². The molecule has 3 rings (SSSR count). The van der Waals surface area contributed by atoms with Gasteiger partial charge in [-0.15, -0.1) is 0 Å². The Morgan fingerprint density at radius 2 is 2.32 bits per heavy atom. The van der Waals surface area contributed by atoms with Crippen LogP contribution in [0, 0.1) is 13.8 Å². The SMILES string of the molecule is Cc1n[nH]c(C)c1CC(=O)N[C@H]1CCC[C@H]1Oc1cn[nH]c1. The zero-order chi connectivity index (χ0) is 15.5. The third-order valence-electron chi connectivity index (χ3n) is 4.18. The average molecular weight is 303 g/mol. The lowest BCUT2D eigenvalue weighted by Crippen LogP contribution is -2.43. The predicted molar refractivity (Wildman–Crippen MR) is 80.6 cm³/mol. The van der Waals surface area contributed by atoms with Crippen LogP contribution < -0.4 is 10.1 Å². The van der Waals surface area contributed by atoms with Crippen molar-refractivity contribution in [2.75, 3.05) is 0 Å². The summed E-state index contributed by atoms with van der Waals surface area (Å²) in [5, 5.41) is 16.7. The fourth-order valence-corrected chi connectivity index (χ4v) is 2.96. The topological polar surface area (TPSA) is 95.7 Å².